The van der Waals surface area contributed by atoms with Crippen molar-refractivity contribution in [2.75, 3.05) is 39.3 Å². The third kappa shape index (κ3) is 7.02. The maximum Gasteiger partial charge on any atom is 0.0826 e. The fraction of sp³-hybridized carbons (Fsp3) is 1.00. The van der Waals surface area contributed by atoms with Gasteiger partial charge >= 0.3 is 0 Å². The Morgan fingerprint density at radius 1 is 1.35 bits per heavy atom. The Morgan fingerprint density at radius 3 is 2.88 bits per heavy atom. The van der Waals surface area contributed by atoms with Gasteiger partial charge in [-0.2, -0.15) is 0 Å². The first-order chi connectivity index (χ1) is 8.22. The fourth-order valence-corrected chi connectivity index (χ4v) is 2.26. The van der Waals surface area contributed by atoms with Gasteiger partial charge in [-0.3, -0.25) is 4.90 Å². The lowest BCUT2D eigenvalue weighted by Crippen LogP contribution is -2.46. The molecule has 0 aromatic heterocycles. The molecule has 0 aliphatic carbocycles. The predicted octanol–water partition coefficient (Wildman–Crippen LogP) is 2.12. The number of unbranched alkanes of at least 4 members (excludes halogenated alkanes) is 1. The zero-order valence-electron chi connectivity index (χ0n) is 11.9. The summed E-state index contributed by atoms with van der Waals surface area (Å²) in [5, 5.41) is 3.52. The molecular weight excluding hydrogens is 212 g/mol. The van der Waals surface area contributed by atoms with E-state index in [0.29, 0.717) is 6.10 Å². The Hall–Kier alpha value is -0.120. The maximum absolute atomic E-state index is 5.75. The molecule has 0 aromatic rings. The lowest BCUT2D eigenvalue weighted by molar-refractivity contribution is -0.0251. The molecule has 1 aliphatic heterocycles. The van der Waals surface area contributed by atoms with Crippen molar-refractivity contribution < 1.29 is 4.74 Å². The van der Waals surface area contributed by atoms with Gasteiger partial charge in [0.05, 0.1) is 12.7 Å². The largest absolute Gasteiger partial charge is 0.374 e. The minimum atomic E-state index is 0.397. The number of nitrogens with zero attached hydrogens (tertiary/aromatic N) is 1. The van der Waals surface area contributed by atoms with E-state index in [2.05, 4.69) is 31.0 Å². The van der Waals surface area contributed by atoms with Crippen LogP contribution in [0.25, 0.3) is 0 Å². The molecule has 1 heterocycles. The smallest absolute Gasteiger partial charge is 0.0826 e. The topological polar surface area (TPSA) is 24.5 Å². The number of hydrogen-bond donors (Lipinski definition) is 1. The molecule has 0 radical (unpaired) electrons. The zero-order valence-corrected chi connectivity index (χ0v) is 11.9. The van der Waals surface area contributed by atoms with Crippen LogP contribution < -0.4 is 5.32 Å². The molecule has 0 aromatic carbocycles. The van der Waals surface area contributed by atoms with Gasteiger partial charge in [0.25, 0.3) is 0 Å². The number of ether oxygens (including phenoxy) is 1. The number of nitrogens with one attached hydrogen (secondary N) is 1. The summed E-state index contributed by atoms with van der Waals surface area (Å²) in [6.45, 7) is 13.2. The Labute approximate surface area is 107 Å². The molecule has 0 amide bonds. The Bertz CT molecular complexity index is 185. The van der Waals surface area contributed by atoms with Crippen LogP contribution in [0.2, 0.25) is 0 Å². The van der Waals surface area contributed by atoms with Gasteiger partial charge in [-0.25, -0.2) is 0 Å². The molecule has 3 heteroatoms. The summed E-state index contributed by atoms with van der Waals surface area (Å²) in [5.74, 6) is 0.842. The van der Waals surface area contributed by atoms with Crippen LogP contribution in [-0.4, -0.2) is 50.3 Å². The van der Waals surface area contributed by atoms with Gasteiger partial charge in [0.15, 0.2) is 0 Å². The normalized spacial score (nSPS) is 22.2. The van der Waals surface area contributed by atoms with Crippen LogP contribution in [0.5, 0.6) is 0 Å². The molecule has 0 bridgehead atoms. The first-order valence-corrected chi connectivity index (χ1v) is 7.27. The molecular formula is C14H30N2O. The summed E-state index contributed by atoms with van der Waals surface area (Å²) >= 11 is 0. The average Bonchev–Trinajstić information content (AvgIpc) is 2.33. The summed E-state index contributed by atoms with van der Waals surface area (Å²) < 4.78 is 5.75. The van der Waals surface area contributed by atoms with Crippen molar-refractivity contribution in [3.8, 4) is 0 Å². The van der Waals surface area contributed by atoms with Crippen LogP contribution >= 0.6 is 0 Å². The highest BCUT2D eigenvalue weighted by Crippen LogP contribution is 2.06. The van der Waals surface area contributed by atoms with Gasteiger partial charge in [0.1, 0.15) is 0 Å². The minimum Gasteiger partial charge on any atom is -0.374 e. The van der Waals surface area contributed by atoms with Gasteiger partial charge in [-0.1, -0.05) is 33.6 Å². The van der Waals surface area contributed by atoms with Crippen molar-refractivity contribution >= 4 is 0 Å². The maximum atomic E-state index is 5.75. The van der Waals surface area contributed by atoms with Crippen molar-refractivity contribution in [2.45, 2.75) is 46.1 Å². The third-order valence-corrected chi connectivity index (χ3v) is 3.43. The van der Waals surface area contributed by atoms with Crippen molar-refractivity contribution in [3.63, 3.8) is 0 Å². The van der Waals surface area contributed by atoms with E-state index in [1.54, 1.807) is 0 Å². The summed E-state index contributed by atoms with van der Waals surface area (Å²) in [4.78, 5) is 2.47. The predicted molar refractivity (Wildman–Crippen MR) is 73.4 cm³/mol. The molecule has 102 valence electrons. The van der Waals surface area contributed by atoms with Crippen molar-refractivity contribution in [1.82, 2.24) is 10.2 Å². The first kappa shape index (κ1) is 14.9. The lowest BCUT2D eigenvalue weighted by atomic mass is 10.1. The van der Waals surface area contributed by atoms with E-state index in [9.17, 15) is 0 Å². The van der Waals surface area contributed by atoms with Gasteiger partial charge in [0.2, 0.25) is 0 Å². The summed E-state index contributed by atoms with van der Waals surface area (Å²) in [6, 6.07) is 0. The molecule has 1 unspecified atom stereocenters. The third-order valence-electron chi connectivity index (χ3n) is 3.43. The van der Waals surface area contributed by atoms with Crippen LogP contribution in [0, 0.1) is 5.92 Å². The Morgan fingerprint density at radius 2 is 2.18 bits per heavy atom. The van der Waals surface area contributed by atoms with Gasteiger partial charge in [-0.05, 0) is 25.4 Å². The van der Waals surface area contributed by atoms with E-state index in [0.717, 1.165) is 45.2 Å². The van der Waals surface area contributed by atoms with Gasteiger partial charge in [-0.15, -0.1) is 0 Å². The van der Waals surface area contributed by atoms with E-state index >= 15 is 0 Å². The standard InChI is InChI=1S/C14H30N2O/c1-4-16-9-10-17-14(12-16)11-15-8-6-5-7-13(2)3/h13-15H,4-12H2,1-3H3. The molecule has 1 saturated heterocycles. The molecule has 17 heavy (non-hydrogen) atoms. The van der Waals surface area contributed by atoms with Gasteiger partial charge < -0.3 is 10.1 Å². The van der Waals surface area contributed by atoms with Crippen LogP contribution in [0.15, 0.2) is 0 Å². The molecule has 1 fully saturated rings. The van der Waals surface area contributed by atoms with E-state index in [4.69, 9.17) is 4.74 Å². The lowest BCUT2D eigenvalue weighted by Gasteiger charge is -2.32. The quantitative estimate of drug-likeness (QED) is 0.660. The number of hydrogen-bond acceptors (Lipinski definition) is 3. The SMILES string of the molecule is CCN1CCOC(CNCCCCC(C)C)C1. The summed E-state index contributed by atoms with van der Waals surface area (Å²) in [7, 11) is 0. The molecule has 3 nitrogen and oxygen atoms in total. The van der Waals surface area contributed by atoms with Crippen molar-refractivity contribution in [3.05, 3.63) is 0 Å². The summed E-state index contributed by atoms with van der Waals surface area (Å²) in [6.07, 6.45) is 4.39. The monoisotopic (exact) mass is 242 g/mol. The van der Waals surface area contributed by atoms with E-state index < -0.39 is 0 Å². The minimum absolute atomic E-state index is 0.397. The Balaban J connectivity index is 1.95. The molecule has 0 saturated carbocycles. The molecule has 1 rings (SSSR count). The van der Waals surface area contributed by atoms with Crippen LogP contribution in [0.3, 0.4) is 0 Å². The van der Waals surface area contributed by atoms with Crippen molar-refractivity contribution in [2.24, 2.45) is 5.92 Å². The average molecular weight is 242 g/mol. The Kier molecular flexibility index (Phi) is 7.82. The van der Waals surface area contributed by atoms with Crippen LogP contribution in [0.4, 0.5) is 0 Å². The molecule has 1 N–H and O–H groups in total. The van der Waals surface area contributed by atoms with E-state index in [-0.39, 0.29) is 0 Å². The van der Waals surface area contributed by atoms with Gasteiger partial charge in [0, 0.05) is 19.6 Å². The number of likely N-dealkylation sites (N-methyl/N-ethyl adjacent to an activating group) is 1. The highest BCUT2D eigenvalue weighted by molar-refractivity contribution is 4.72. The second-order valence-electron chi connectivity index (χ2n) is 5.48. The van der Waals surface area contributed by atoms with E-state index in [1.807, 2.05) is 0 Å². The van der Waals surface area contributed by atoms with Crippen LogP contribution in [-0.2, 0) is 4.74 Å². The van der Waals surface area contributed by atoms with Crippen molar-refractivity contribution in [1.29, 1.82) is 0 Å². The van der Waals surface area contributed by atoms with Crippen LogP contribution in [0.1, 0.15) is 40.0 Å². The molecule has 0 spiro atoms. The van der Waals surface area contributed by atoms with E-state index in [1.165, 1.54) is 19.3 Å². The molecule has 1 atom stereocenters. The highest BCUT2D eigenvalue weighted by atomic mass is 16.5. The number of rotatable bonds is 8. The zero-order chi connectivity index (χ0) is 12.5. The fourth-order valence-electron chi connectivity index (χ4n) is 2.26. The highest BCUT2D eigenvalue weighted by Gasteiger charge is 2.18. The summed E-state index contributed by atoms with van der Waals surface area (Å²) in [5.41, 5.74) is 0. The second kappa shape index (κ2) is 8.90. The number of morpholine rings is 1. The second-order valence-corrected chi connectivity index (χ2v) is 5.48. The first-order valence-electron chi connectivity index (χ1n) is 7.27. The molecule has 1 aliphatic rings.